The molecule has 0 aliphatic rings. The fourth-order valence-corrected chi connectivity index (χ4v) is 2.02. The monoisotopic (exact) mass is 221 g/mol. The van der Waals surface area contributed by atoms with Crippen molar-refractivity contribution in [2.45, 2.75) is 25.9 Å². The Bertz CT molecular complexity index is 102. The summed E-state index contributed by atoms with van der Waals surface area (Å²) in [6.07, 6.45) is 2.25. The molecule has 0 bridgehead atoms. The minimum absolute atomic E-state index is 0.228. The first-order valence-corrected chi connectivity index (χ1v) is 6.42. The number of unbranched alkanes of at least 4 members (excludes halogenated alkanes) is 1. The van der Waals surface area contributed by atoms with Crippen LogP contribution in [0.1, 0.15) is 19.8 Å². The third-order valence-electron chi connectivity index (χ3n) is 1.82. The predicted molar refractivity (Wildman–Crippen MR) is 63.0 cm³/mol. The zero-order chi connectivity index (χ0) is 10.6. The van der Waals surface area contributed by atoms with Crippen LogP contribution in [-0.2, 0) is 4.74 Å². The molecule has 0 rings (SSSR count). The quantitative estimate of drug-likeness (QED) is 0.542. The Morgan fingerprint density at radius 3 is 2.93 bits per heavy atom. The lowest BCUT2D eigenvalue weighted by atomic mass is 10.4. The van der Waals surface area contributed by atoms with Gasteiger partial charge in [-0.15, -0.1) is 0 Å². The van der Waals surface area contributed by atoms with Crippen molar-refractivity contribution >= 4 is 11.8 Å². The number of thioether (sulfide) groups is 1. The summed E-state index contributed by atoms with van der Waals surface area (Å²) in [7, 11) is 1.68. The number of methoxy groups -OCH3 is 1. The molecule has 86 valence electrons. The van der Waals surface area contributed by atoms with Crippen molar-refractivity contribution < 1.29 is 9.84 Å². The maximum atomic E-state index is 9.52. The van der Waals surface area contributed by atoms with Gasteiger partial charge in [0.05, 0.1) is 12.7 Å². The van der Waals surface area contributed by atoms with E-state index in [1.54, 1.807) is 7.11 Å². The van der Waals surface area contributed by atoms with Gasteiger partial charge in [-0.25, -0.2) is 0 Å². The Balaban J connectivity index is 3.07. The smallest absolute Gasteiger partial charge is 0.0754 e. The number of aliphatic hydroxyl groups is 1. The number of hydrogen-bond acceptors (Lipinski definition) is 4. The Morgan fingerprint density at radius 1 is 1.50 bits per heavy atom. The van der Waals surface area contributed by atoms with Crippen LogP contribution in [0.4, 0.5) is 0 Å². The van der Waals surface area contributed by atoms with Crippen LogP contribution in [0.3, 0.4) is 0 Å². The molecule has 0 heterocycles. The third kappa shape index (κ3) is 10.3. The lowest BCUT2D eigenvalue weighted by Gasteiger charge is -2.10. The van der Waals surface area contributed by atoms with Crippen molar-refractivity contribution in [3.63, 3.8) is 0 Å². The van der Waals surface area contributed by atoms with Crippen LogP contribution in [0, 0.1) is 0 Å². The molecular formula is C10H23NO2S. The Labute approximate surface area is 91.6 Å². The van der Waals surface area contributed by atoms with E-state index < -0.39 is 0 Å². The highest BCUT2D eigenvalue weighted by Crippen LogP contribution is 2.05. The molecule has 3 nitrogen and oxygen atoms in total. The molecule has 0 aliphatic carbocycles. The zero-order valence-electron chi connectivity index (χ0n) is 9.29. The first kappa shape index (κ1) is 14.2. The molecule has 0 aromatic rings. The molecule has 0 fully saturated rings. The van der Waals surface area contributed by atoms with E-state index in [1.807, 2.05) is 11.8 Å². The number of ether oxygens (including phenoxy) is 1. The van der Waals surface area contributed by atoms with Gasteiger partial charge in [-0.05, 0) is 12.2 Å². The fraction of sp³-hybridized carbons (Fsp3) is 1.00. The summed E-state index contributed by atoms with van der Waals surface area (Å²) in [6, 6.07) is 0. The maximum absolute atomic E-state index is 9.52. The van der Waals surface area contributed by atoms with Gasteiger partial charge < -0.3 is 15.2 Å². The standard InChI is InChI=1S/C10H23NO2S/c1-3-4-7-14-9-10(12)8-11-5-6-13-2/h10-12H,3-9H2,1-2H3. The fourth-order valence-electron chi connectivity index (χ4n) is 0.968. The van der Waals surface area contributed by atoms with Gasteiger partial charge in [0.1, 0.15) is 0 Å². The Hall–Kier alpha value is 0.230. The topological polar surface area (TPSA) is 41.5 Å². The van der Waals surface area contributed by atoms with E-state index in [2.05, 4.69) is 12.2 Å². The van der Waals surface area contributed by atoms with Crippen LogP contribution in [0.25, 0.3) is 0 Å². The molecule has 1 atom stereocenters. The lowest BCUT2D eigenvalue weighted by Crippen LogP contribution is -2.30. The van der Waals surface area contributed by atoms with Crippen molar-refractivity contribution in [1.82, 2.24) is 5.32 Å². The van der Waals surface area contributed by atoms with Crippen LogP contribution >= 0.6 is 11.8 Å². The van der Waals surface area contributed by atoms with Gasteiger partial charge in [-0.2, -0.15) is 11.8 Å². The minimum atomic E-state index is -0.228. The van der Waals surface area contributed by atoms with Gasteiger partial charge in [0.15, 0.2) is 0 Å². The summed E-state index contributed by atoms with van der Waals surface area (Å²) >= 11 is 1.83. The normalized spacial score (nSPS) is 13.1. The molecule has 4 heteroatoms. The summed E-state index contributed by atoms with van der Waals surface area (Å²) in [5.41, 5.74) is 0. The largest absolute Gasteiger partial charge is 0.391 e. The molecular weight excluding hydrogens is 198 g/mol. The Kier molecular flexibility index (Phi) is 11.5. The number of rotatable bonds is 10. The molecule has 0 aromatic carbocycles. The lowest BCUT2D eigenvalue weighted by molar-refractivity contribution is 0.175. The van der Waals surface area contributed by atoms with Crippen molar-refractivity contribution in [2.75, 3.05) is 38.3 Å². The van der Waals surface area contributed by atoms with Gasteiger partial charge >= 0.3 is 0 Å². The van der Waals surface area contributed by atoms with E-state index in [4.69, 9.17) is 4.74 Å². The Morgan fingerprint density at radius 2 is 2.29 bits per heavy atom. The van der Waals surface area contributed by atoms with Crippen molar-refractivity contribution in [3.8, 4) is 0 Å². The average molecular weight is 221 g/mol. The van der Waals surface area contributed by atoms with Crippen molar-refractivity contribution in [3.05, 3.63) is 0 Å². The predicted octanol–water partition coefficient (Wildman–Crippen LogP) is 1.12. The summed E-state index contributed by atoms with van der Waals surface area (Å²) in [5, 5.41) is 12.7. The first-order valence-electron chi connectivity index (χ1n) is 5.26. The molecule has 0 aliphatic heterocycles. The van der Waals surface area contributed by atoms with E-state index in [0.29, 0.717) is 13.2 Å². The third-order valence-corrected chi connectivity index (χ3v) is 3.01. The van der Waals surface area contributed by atoms with Gasteiger partial charge in [-0.1, -0.05) is 13.3 Å². The molecule has 1 unspecified atom stereocenters. The molecule has 0 radical (unpaired) electrons. The van der Waals surface area contributed by atoms with Crippen LogP contribution in [0.5, 0.6) is 0 Å². The highest BCUT2D eigenvalue weighted by molar-refractivity contribution is 7.99. The van der Waals surface area contributed by atoms with E-state index in [-0.39, 0.29) is 6.10 Å². The van der Waals surface area contributed by atoms with E-state index in [9.17, 15) is 5.11 Å². The van der Waals surface area contributed by atoms with Gasteiger partial charge in [0.25, 0.3) is 0 Å². The summed E-state index contributed by atoms with van der Waals surface area (Å²) in [6.45, 7) is 4.37. The zero-order valence-corrected chi connectivity index (χ0v) is 10.1. The molecule has 2 N–H and O–H groups in total. The molecule has 0 saturated heterocycles. The van der Waals surface area contributed by atoms with Crippen LogP contribution in [-0.4, -0.2) is 49.5 Å². The van der Waals surface area contributed by atoms with Gasteiger partial charge in [0.2, 0.25) is 0 Å². The maximum Gasteiger partial charge on any atom is 0.0754 e. The SMILES string of the molecule is CCCCSCC(O)CNCCOC. The minimum Gasteiger partial charge on any atom is -0.391 e. The summed E-state index contributed by atoms with van der Waals surface area (Å²) in [4.78, 5) is 0. The van der Waals surface area contributed by atoms with Crippen molar-refractivity contribution in [1.29, 1.82) is 0 Å². The van der Waals surface area contributed by atoms with Gasteiger partial charge in [0, 0.05) is 26.0 Å². The summed E-state index contributed by atoms with van der Waals surface area (Å²) < 4.78 is 4.89. The second kappa shape index (κ2) is 11.3. The molecule has 14 heavy (non-hydrogen) atoms. The first-order chi connectivity index (χ1) is 6.81. The molecule has 0 saturated carbocycles. The number of nitrogens with one attached hydrogen (secondary N) is 1. The molecule has 0 spiro atoms. The highest BCUT2D eigenvalue weighted by Gasteiger charge is 2.02. The van der Waals surface area contributed by atoms with Gasteiger partial charge in [-0.3, -0.25) is 0 Å². The van der Waals surface area contributed by atoms with E-state index >= 15 is 0 Å². The van der Waals surface area contributed by atoms with E-state index in [1.165, 1.54) is 12.8 Å². The second-order valence-electron chi connectivity index (χ2n) is 3.28. The van der Waals surface area contributed by atoms with Crippen LogP contribution < -0.4 is 5.32 Å². The molecule has 0 aromatic heterocycles. The van der Waals surface area contributed by atoms with E-state index in [0.717, 1.165) is 18.1 Å². The van der Waals surface area contributed by atoms with Crippen LogP contribution in [0.2, 0.25) is 0 Å². The number of aliphatic hydroxyl groups excluding tert-OH is 1. The number of hydrogen-bond donors (Lipinski definition) is 2. The van der Waals surface area contributed by atoms with Crippen LogP contribution in [0.15, 0.2) is 0 Å². The van der Waals surface area contributed by atoms with Crippen molar-refractivity contribution in [2.24, 2.45) is 0 Å². The molecule has 0 amide bonds. The summed E-state index contributed by atoms with van der Waals surface area (Å²) in [5.74, 6) is 1.99. The highest BCUT2D eigenvalue weighted by atomic mass is 32.2. The average Bonchev–Trinajstić information content (AvgIpc) is 2.19. The second-order valence-corrected chi connectivity index (χ2v) is 4.43.